The second kappa shape index (κ2) is 6.52. The van der Waals surface area contributed by atoms with Crippen LogP contribution in [-0.2, 0) is 22.6 Å². The van der Waals surface area contributed by atoms with Gasteiger partial charge in [-0.3, -0.25) is 9.79 Å². The molecule has 4 fully saturated rings. The van der Waals surface area contributed by atoms with Crippen molar-refractivity contribution in [2.24, 2.45) is 28.2 Å². The van der Waals surface area contributed by atoms with Gasteiger partial charge >= 0.3 is 0 Å². The van der Waals surface area contributed by atoms with Crippen LogP contribution in [0.4, 0.5) is 0 Å². The number of hydrogen-bond acceptors (Lipinski definition) is 3. The van der Waals surface area contributed by atoms with E-state index in [-0.39, 0.29) is 11.0 Å². The van der Waals surface area contributed by atoms with Crippen molar-refractivity contribution >= 4 is 11.5 Å². The Kier molecular flexibility index (Phi) is 4.32. The Hall–Kier alpha value is -1.48. The van der Waals surface area contributed by atoms with E-state index in [4.69, 9.17) is 9.73 Å². The van der Waals surface area contributed by atoms with Crippen LogP contribution in [0.2, 0.25) is 0 Å². The van der Waals surface area contributed by atoms with Gasteiger partial charge in [0.1, 0.15) is 5.78 Å². The monoisotopic (exact) mass is 379 g/mol. The first kappa shape index (κ1) is 18.5. The van der Waals surface area contributed by atoms with Gasteiger partial charge in [0.05, 0.1) is 17.9 Å². The lowest BCUT2D eigenvalue weighted by atomic mass is 9.48. The van der Waals surface area contributed by atoms with Crippen molar-refractivity contribution in [1.29, 1.82) is 0 Å². The molecule has 0 saturated heterocycles. The lowest BCUT2D eigenvalue weighted by Gasteiger charge is -2.56. The minimum absolute atomic E-state index is 0.0385. The van der Waals surface area contributed by atoms with Gasteiger partial charge in [-0.1, -0.05) is 12.1 Å². The summed E-state index contributed by atoms with van der Waals surface area (Å²) in [6.07, 6.45) is 9.02. The quantitative estimate of drug-likeness (QED) is 0.711. The molecule has 3 heteroatoms. The number of rotatable bonds is 5. The molecule has 28 heavy (non-hydrogen) atoms. The number of carbonyl (C=O) groups excluding carboxylic acids is 1. The van der Waals surface area contributed by atoms with Gasteiger partial charge in [-0.25, -0.2) is 0 Å². The summed E-state index contributed by atoms with van der Waals surface area (Å²) < 4.78 is 5.33. The third-order valence-electron chi connectivity index (χ3n) is 7.81. The number of Topliss-reactive ketones (excluding diaryl/α,β-unsaturated/α-hetero) is 1. The minimum Gasteiger partial charge on any atom is -0.380 e. The molecular formula is C25H33NO2. The maximum Gasteiger partial charge on any atom is 0.145 e. The van der Waals surface area contributed by atoms with Crippen LogP contribution >= 0.6 is 0 Å². The summed E-state index contributed by atoms with van der Waals surface area (Å²) in [5, 5.41) is 0. The van der Waals surface area contributed by atoms with Crippen LogP contribution in [0.25, 0.3) is 0 Å². The average molecular weight is 380 g/mol. The van der Waals surface area contributed by atoms with E-state index < -0.39 is 0 Å². The number of fused-ring (bicyclic) bond motifs is 1. The van der Waals surface area contributed by atoms with E-state index in [1.807, 2.05) is 0 Å². The molecule has 0 radical (unpaired) electrons. The van der Waals surface area contributed by atoms with Crippen LogP contribution in [0.15, 0.2) is 23.2 Å². The standard InChI is InChI=1S/C25H33NO2/c1-24(2)14-20-5-4-16(15-28-3)9-21(20)22(26-24)10-23(27)25-11-17-6-18(12-25)8-19(7-17)13-25/h4-5,9,17-19H,6-8,10-15H2,1-3H3. The van der Waals surface area contributed by atoms with Crippen LogP contribution in [0.3, 0.4) is 0 Å². The van der Waals surface area contributed by atoms with Gasteiger partial charge < -0.3 is 4.74 Å². The molecule has 0 N–H and O–H groups in total. The van der Waals surface area contributed by atoms with E-state index in [2.05, 4.69) is 32.0 Å². The van der Waals surface area contributed by atoms with Crippen molar-refractivity contribution in [2.75, 3.05) is 7.11 Å². The second-order valence-corrected chi connectivity index (χ2v) is 10.8. The maximum absolute atomic E-state index is 13.7. The van der Waals surface area contributed by atoms with Crippen LogP contribution in [0, 0.1) is 23.2 Å². The van der Waals surface area contributed by atoms with Gasteiger partial charge in [-0.2, -0.15) is 0 Å². The molecule has 0 spiro atoms. The third-order valence-corrected chi connectivity index (χ3v) is 7.81. The highest BCUT2D eigenvalue weighted by Crippen LogP contribution is 2.60. The molecule has 0 aromatic heterocycles. The number of carbonyl (C=O) groups is 1. The molecule has 5 aliphatic rings. The van der Waals surface area contributed by atoms with Crippen LogP contribution in [0.5, 0.6) is 0 Å². The molecule has 6 rings (SSSR count). The summed E-state index contributed by atoms with van der Waals surface area (Å²) in [6.45, 7) is 4.98. The number of nitrogens with zero attached hydrogens (tertiary/aromatic N) is 1. The summed E-state index contributed by atoms with van der Waals surface area (Å²) in [4.78, 5) is 18.8. The zero-order valence-electron chi connectivity index (χ0n) is 17.6. The molecule has 150 valence electrons. The molecule has 0 unspecified atom stereocenters. The fourth-order valence-corrected chi connectivity index (χ4v) is 7.16. The van der Waals surface area contributed by atoms with Gasteiger partial charge in [-0.15, -0.1) is 0 Å². The van der Waals surface area contributed by atoms with Crippen LogP contribution in [0.1, 0.15) is 75.5 Å². The summed E-state index contributed by atoms with van der Waals surface area (Å²) in [7, 11) is 1.73. The summed E-state index contributed by atoms with van der Waals surface area (Å²) in [5.74, 6) is 2.90. The molecule has 1 aromatic rings. The van der Waals surface area contributed by atoms with Crippen LogP contribution < -0.4 is 0 Å². The van der Waals surface area contributed by atoms with Gasteiger partial charge in [0.2, 0.25) is 0 Å². The number of ketones is 1. The maximum atomic E-state index is 13.7. The van der Waals surface area contributed by atoms with E-state index in [0.717, 1.165) is 54.7 Å². The highest BCUT2D eigenvalue weighted by atomic mass is 16.5. The molecule has 3 nitrogen and oxygen atoms in total. The fraction of sp³-hybridized carbons (Fsp3) is 0.680. The Balaban J connectivity index is 1.45. The predicted molar refractivity (Wildman–Crippen MR) is 112 cm³/mol. The molecule has 0 atom stereocenters. The smallest absolute Gasteiger partial charge is 0.145 e. The molecule has 4 aliphatic carbocycles. The largest absolute Gasteiger partial charge is 0.380 e. The van der Waals surface area contributed by atoms with E-state index >= 15 is 0 Å². The zero-order valence-corrected chi connectivity index (χ0v) is 17.6. The van der Waals surface area contributed by atoms with Crippen molar-refractivity contribution in [3.63, 3.8) is 0 Å². The van der Waals surface area contributed by atoms with E-state index in [9.17, 15) is 4.79 Å². The SMILES string of the molecule is COCc1ccc2c(c1)C(CC(=O)C13CC4CC(CC(C4)C1)C3)=NC(C)(C)C2. The Labute approximate surface area is 169 Å². The molecule has 4 saturated carbocycles. The Morgan fingerprint density at radius 3 is 2.36 bits per heavy atom. The third kappa shape index (κ3) is 3.16. The van der Waals surface area contributed by atoms with Crippen molar-refractivity contribution in [3.8, 4) is 0 Å². The average Bonchev–Trinajstić information content (AvgIpc) is 2.60. The highest BCUT2D eigenvalue weighted by Gasteiger charge is 2.54. The first-order chi connectivity index (χ1) is 13.4. The highest BCUT2D eigenvalue weighted by molar-refractivity contribution is 6.13. The number of hydrogen-bond donors (Lipinski definition) is 0. The van der Waals surface area contributed by atoms with Crippen molar-refractivity contribution in [1.82, 2.24) is 0 Å². The second-order valence-electron chi connectivity index (χ2n) is 10.8. The van der Waals surface area contributed by atoms with E-state index in [1.165, 1.54) is 30.4 Å². The zero-order chi connectivity index (χ0) is 19.5. The number of benzene rings is 1. The topological polar surface area (TPSA) is 38.7 Å². The first-order valence-electron chi connectivity index (χ1n) is 11.1. The van der Waals surface area contributed by atoms with Crippen LogP contribution in [-0.4, -0.2) is 24.1 Å². The van der Waals surface area contributed by atoms with E-state index in [0.29, 0.717) is 18.8 Å². The Bertz CT molecular complexity index is 800. The number of methoxy groups -OCH3 is 1. The molecule has 0 amide bonds. The first-order valence-corrected chi connectivity index (χ1v) is 11.1. The molecule has 1 aromatic carbocycles. The van der Waals surface area contributed by atoms with E-state index in [1.54, 1.807) is 7.11 Å². The van der Waals surface area contributed by atoms with Crippen molar-refractivity contribution in [3.05, 3.63) is 34.9 Å². The molecule has 4 bridgehead atoms. The van der Waals surface area contributed by atoms with Gasteiger partial charge in [0, 0.05) is 18.9 Å². The lowest BCUT2D eigenvalue weighted by Crippen LogP contribution is -2.50. The summed E-state index contributed by atoms with van der Waals surface area (Å²) in [5.41, 5.74) is 4.52. The fourth-order valence-electron chi connectivity index (χ4n) is 7.16. The van der Waals surface area contributed by atoms with Crippen molar-refractivity contribution < 1.29 is 9.53 Å². The molecule has 1 heterocycles. The Morgan fingerprint density at radius 2 is 1.75 bits per heavy atom. The number of ether oxygens (including phenoxy) is 1. The lowest BCUT2D eigenvalue weighted by molar-refractivity contribution is -0.142. The van der Waals surface area contributed by atoms with Gasteiger partial charge in [0.15, 0.2) is 0 Å². The molecule has 1 aliphatic heterocycles. The summed E-state index contributed by atoms with van der Waals surface area (Å²) in [6, 6.07) is 6.58. The number of aliphatic imine (C=N–C) groups is 1. The summed E-state index contributed by atoms with van der Waals surface area (Å²) >= 11 is 0. The van der Waals surface area contributed by atoms with Gasteiger partial charge in [0.25, 0.3) is 0 Å². The Morgan fingerprint density at radius 1 is 1.11 bits per heavy atom. The minimum atomic E-state index is -0.132. The molecular weight excluding hydrogens is 346 g/mol. The normalized spacial score (nSPS) is 34.8. The predicted octanol–water partition coefficient (Wildman–Crippen LogP) is 5.13. The van der Waals surface area contributed by atoms with Crippen molar-refractivity contribution in [2.45, 2.75) is 77.4 Å². The van der Waals surface area contributed by atoms with Gasteiger partial charge in [-0.05, 0) is 99.3 Å².